The van der Waals surface area contributed by atoms with E-state index in [4.69, 9.17) is 0 Å². The summed E-state index contributed by atoms with van der Waals surface area (Å²) in [7, 11) is 0. The van der Waals surface area contributed by atoms with Crippen LogP contribution in [0.1, 0.15) is 107 Å². The Kier molecular flexibility index (Phi) is 6.18. The van der Waals surface area contributed by atoms with Crippen molar-refractivity contribution in [3.05, 3.63) is 34.4 Å². The fourth-order valence-corrected chi connectivity index (χ4v) is 8.07. The average molecular weight is 483 g/mol. The number of fused-ring (bicyclic) bond motifs is 3. The molecule has 0 radical (unpaired) electrons. The minimum atomic E-state index is -0.695. The number of phenolic OH excluding ortho intramolecular Hbond substituents is 2. The molecule has 3 N–H and O–H groups in total. The Morgan fingerprint density at radius 2 is 1.71 bits per heavy atom. The topological polar surface area (TPSA) is 94.8 Å². The second-order valence-corrected chi connectivity index (χ2v) is 12.7. The van der Waals surface area contributed by atoms with Crippen LogP contribution >= 0.6 is 0 Å². The van der Waals surface area contributed by atoms with E-state index in [1.54, 1.807) is 6.92 Å². The van der Waals surface area contributed by atoms with Crippen LogP contribution in [0.4, 0.5) is 0 Å². The third-order valence-corrected chi connectivity index (χ3v) is 10.9. The number of allylic oxidation sites excluding steroid dienone is 2. The van der Waals surface area contributed by atoms with Crippen molar-refractivity contribution in [2.24, 2.45) is 27.6 Å². The molecule has 0 bridgehead atoms. The molecule has 3 saturated carbocycles. The lowest BCUT2D eigenvalue weighted by Crippen LogP contribution is -2.59. The monoisotopic (exact) mass is 482 g/mol. The van der Waals surface area contributed by atoms with Crippen molar-refractivity contribution >= 4 is 11.8 Å². The number of carboxylic acid groups (broad SMARTS) is 1. The predicted octanol–water partition coefficient (Wildman–Crippen LogP) is 6.97. The van der Waals surface area contributed by atoms with Crippen molar-refractivity contribution in [3.63, 3.8) is 0 Å². The number of aryl methyl sites for hydroxylation is 1. The van der Waals surface area contributed by atoms with Gasteiger partial charge in [-0.2, -0.15) is 0 Å². The van der Waals surface area contributed by atoms with Gasteiger partial charge in [0.1, 0.15) is 0 Å². The second-order valence-electron chi connectivity index (χ2n) is 12.7. The molecule has 192 valence electrons. The molecule has 5 heteroatoms. The van der Waals surface area contributed by atoms with Crippen molar-refractivity contribution in [2.75, 3.05) is 0 Å². The number of aromatic hydroxyl groups is 2. The summed E-state index contributed by atoms with van der Waals surface area (Å²) in [6, 6.07) is 1.50. The summed E-state index contributed by atoms with van der Waals surface area (Å²) in [5.41, 5.74) is 1.99. The molecular weight excluding hydrogens is 440 g/mol. The van der Waals surface area contributed by atoms with E-state index in [-0.39, 0.29) is 39.4 Å². The lowest BCUT2D eigenvalue weighted by molar-refractivity contribution is -0.174. The van der Waals surface area contributed by atoms with E-state index in [0.717, 1.165) is 56.1 Å². The van der Waals surface area contributed by atoms with Gasteiger partial charge in [-0.25, -0.2) is 0 Å². The van der Waals surface area contributed by atoms with E-state index in [9.17, 15) is 24.9 Å². The number of aliphatic carboxylic acids is 1. The molecule has 1 aromatic carbocycles. The van der Waals surface area contributed by atoms with Crippen LogP contribution in [0.2, 0.25) is 0 Å². The van der Waals surface area contributed by atoms with Crippen molar-refractivity contribution < 1.29 is 24.9 Å². The molecule has 0 heterocycles. The molecule has 0 aliphatic heterocycles. The molecule has 0 unspecified atom stereocenters. The van der Waals surface area contributed by atoms with Gasteiger partial charge in [0, 0.05) is 11.1 Å². The van der Waals surface area contributed by atoms with Crippen LogP contribution in [0.15, 0.2) is 17.7 Å². The highest BCUT2D eigenvalue weighted by Crippen LogP contribution is 2.71. The smallest absolute Gasteiger partial charge is 0.309 e. The number of rotatable bonds is 4. The first-order valence-corrected chi connectivity index (χ1v) is 13.3. The fraction of sp³-hybridized carbons (Fsp3) is 0.667. The highest BCUT2D eigenvalue weighted by atomic mass is 16.4. The zero-order chi connectivity index (χ0) is 26.0. The first-order chi connectivity index (χ1) is 16.2. The Labute approximate surface area is 209 Å². The van der Waals surface area contributed by atoms with Gasteiger partial charge < -0.3 is 15.3 Å². The summed E-state index contributed by atoms with van der Waals surface area (Å²) >= 11 is 0. The van der Waals surface area contributed by atoms with Crippen LogP contribution in [-0.2, 0) is 11.2 Å². The second kappa shape index (κ2) is 8.38. The van der Waals surface area contributed by atoms with Crippen molar-refractivity contribution in [2.45, 2.75) is 99.3 Å². The number of carbonyl (C=O) groups is 2. The van der Waals surface area contributed by atoms with Gasteiger partial charge in [0.15, 0.2) is 17.3 Å². The fourth-order valence-electron chi connectivity index (χ4n) is 8.07. The van der Waals surface area contributed by atoms with E-state index in [1.165, 1.54) is 6.07 Å². The molecule has 35 heavy (non-hydrogen) atoms. The lowest BCUT2D eigenvalue weighted by Gasteiger charge is -2.67. The Morgan fingerprint density at radius 3 is 2.34 bits per heavy atom. The SMILES string of the molecule is CCc1cc(O)c(O)c(C)c1C(=O)/C=C1\CCC[C@@]2(C)[C@@H]3C[C@](C)(C(=O)O)CC[C@]3(C)CC[C@]12C. The van der Waals surface area contributed by atoms with Gasteiger partial charge in [0.25, 0.3) is 0 Å². The van der Waals surface area contributed by atoms with Gasteiger partial charge in [-0.05, 0) is 112 Å². The maximum atomic E-state index is 13.7. The molecule has 5 nitrogen and oxygen atoms in total. The maximum Gasteiger partial charge on any atom is 0.309 e. The Bertz CT molecular complexity index is 1100. The standard InChI is InChI=1S/C30H42O5/c1-7-19-15-22(32)25(33)18(2)24(19)21(31)16-20-9-8-10-30(6)23-17-28(4,26(34)35)12-11-27(23,3)13-14-29(20,30)5/h15-16,23,32-33H,7-14,17H2,1-6H3,(H,34,35)/b20-16+/t23-,27-,28-,29-,30+/m1/s1. The van der Waals surface area contributed by atoms with E-state index >= 15 is 0 Å². The third kappa shape index (κ3) is 3.72. The van der Waals surface area contributed by atoms with Crippen LogP contribution in [-0.4, -0.2) is 27.1 Å². The predicted molar refractivity (Wildman–Crippen MR) is 137 cm³/mol. The zero-order valence-electron chi connectivity index (χ0n) is 22.3. The minimum Gasteiger partial charge on any atom is -0.504 e. The number of carboxylic acids is 1. The van der Waals surface area contributed by atoms with E-state index < -0.39 is 11.4 Å². The minimum absolute atomic E-state index is 0.0821. The number of hydrogen-bond donors (Lipinski definition) is 3. The molecule has 4 rings (SSSR count). The third-order valence-electron chi connectivity index (χ3n) is 10.9. The van der Waals surface area contributed by atoms with E-state index in [1.807, 2.05) is 19.9 Å². The van der Waals surface area contributed by atoms with Crippen molar-refractivity contribution in [3.8, 4) is 11.5 Å². The summed E-state index contributed by atoms with van der Waals surface area (Å²) in [6.45, 7) is 12.6. The van der Waals surface area contributed by atoms with Gasteiger partial charge in [-0.3, -0.25) is 9.59 Å². The summed E-state index contributed by atoms with van der Waals surface area (Å²) in [6.07, 6.45) is 9.71. The van der Waals surface area contributed by atoms with Crippen molar-refractivity contribution in [1.29, 1.82) is 0 Å². The van der Waals surface area contributed by atoms with E-state index in [0.29, 0.717) is 24.0 Å². The average Bonchev–Trinajstić information content (AvgIpc) is 2.80. The van der Waals surface area contributed by atoms with Crippen LogP contribution < -0.4 is 0 Å². The van der Waals surface area contributed by atoms with E-state index in [2.05, 4.69) is 20.8 Å². The highest BCUT2D eigenvalue weighted by molar-refractivity contribution is 6.07. The van der Waals surface area contributed by atoms with Crippen LogP contribution in [0, 0.1) is 34.5 Å². The normalized spacial score (nSPS) is 38.0. The first kappa shape index (κ1) is 25.8. The summed E-state index contributed by atoms with van der Waals surface area (Å²) in [4.78, 5) is 25.9. The van der Waals surface area contributed by atoms with Gasteiger partial charge in [0.2, 0.25) is 0 Å². The summed E-state index contributed by atoms with van der Waals surface area (Å²) < 4.78 is 0. The molecule has 0 amide bonds. The molecule has 5 atom stereocenters. The quantitative estimate of drug-likeness (QED) is 0.245. The molecule has 1 aromatic rings. The van der Waals surface area contributed by atoms with Gasteiger partial charge in [0.05, 0.1) is 5.41 Å². The largest absolute Gasteiger partial charge is 0.504 e. The zero-order valence-corrected chi connectivity index (χ0v) is 22.3. The summed E-state index contributed by atoms with van der Waals surface area (Å²) in [5.74, 6) is -0.930. The highest BCUT2D eigenvalue weighted by Gasteiger charge is 2.63. The van der Waals surface area contributed by atoms with Gasteiger partial charge >= 0.3 is 5.97 Å². The molecule has 3 fully saturated rings. The Hall–Kier alpha value is -2.30. The number of phenols is 2. The number of carbonyl (C=O) groups excluding carboxylic acids is 1. The number of ketones is 1. The van der Waals surface area contributed by atoms with Crippen LogP contribution in [0.5, 0.6) is 11.5 Å². The summed E-state index contributed by atoms with van der Waals surface area (Å²) in [5, 5.41) is 30.4. The first-order valence-electron chi connectivity index (χ1n) is 13.3. The van der Waals surface area contributed by atoms with Crippen LogP contribution in [0.3, 0.4) is 0 Å². The molecule has 3 aliphatic carbocycles. The van der Waals surface area contributed by atoms with Crippen LogP contribution in [0.25, 0.3) is 0 Å². The molecule has 0 saturated heterocycles. The Balaban J connectivity index is 1.77. The lowest BCUT2D eigenvalue weighted by atomic mass is 9.37. The van der Waals surface area contributed by atoms with Gasteiger partial charge in [-0.15, -0.1) is 0 Å². The molecule has 0 spiro atoms. The number of hydrogen-bond acceptors (Lipinski definition) is 4. The van der Waals surface area contributed by atoms with Gasteiger partial charge in [-0.1, -0.05) is 33.3 Å². The number of benzene rings is 1. The molecule has 3 aliphatic rings. The van der Waals surface area contributed by atoms with Crippen molar-refractivity contribution in [1.82, 2.24) is 0 Å². The Morgan fingerprint density at radius 1 is 1.06 bits per heavy atom. The maximum absolute atomic E-state index is 13.7. The molecule has 0 aromatic heterocycles. The molecular formula is C30H42O5.